The molecular formula is C48H53N2O8-. The number of phenols is 3. The van der Waals surface area contributed by atoms with Crippen LogP contribution in [-0.4, -0.2) is 65.3 Å². The highest BCUT2D eigenvalue weighted by atomic mass is 16.5. The lowest BCUT2D eigenvalue weighted by atomic mass is 9.70. The fourth-order valence-corrected chi connectivity index (χ4v) is 8.32. The summed E-state index contributed by atoms with van der Waals surface area (Å²) >= 11 is 0. The number of aryl methyl sites for hydroxylation is 1. The van der Waals surface area contributed by atoms with E-state index in [9.17, 15) is 30.3 Å². The van der Waals surface area contributed by atoms with E-state index in [0.717, 1.165) is 39.4 Å². The van der Waals surface area contributed by atoms with E-state index >= 15 is 0 Å². The van der Waals surface area contributed by atoms with Gasteiger partial charge in [0.05, 0.1) is 32.3 Å². The van der Waals surface area contributed by atoms with Crippen LogP contribution >= 0.6 is 0 Å². The van der Waals surface area contributed by atoms with Crippen LogP contribution in [0.3, 0.4) is 0 Å². The van der Waals surface area contributed by atoms with Crippen molar-refractivity contribution in [1.82, 2.24) is 10.3 Å². The normalized spacial score (nSPS) is 13.6. The van der Waals surface area contributed by atoms with Gasteiger partial charge < -0.3 is 45.3 Å². The molecule has 0 bridgehead atoms. The van der Waals surface area contributed by atoms with E-state index in [1.165, 1.54) is 31.9 Å². The van der Waals surface area contributed by atoms with Crippen molar-refractivity contribution in [3.63, 3.8) is 0 Å². The average Bonchev–Trinajstić information content (AvgIpc) is 3.74. The largest absolute Gasteiger partial charge is 0.670 e. The lowest BCUT2D eigenvalue weighted by Crippen LogP contribution is -2.44. The number of benzene rings is 5. The Labute approximate surface area is 339 Å². The zero-order chi connectivity index (χ0) is 41.4. The van der Waals surface area contributed by atoms with Crippen LogP contribution in [0, 0.1) is 5.92 Å². The predicted octanol–water partition coefficient (Wildman–Crippen LogP) is 6.70. The van der Waals surface area contributed by atoms with E-state index < -0.39 is 29.8 Å². The minimum atomic E-state index is -1.59. The fraction of sp³-hybridized carbons (Fsp3) is 0.312. The molecular weight excluding hydrogens is 733 g/mol. The van der Waals surface area contributed by atoms with Crippen molar-refractivity contribution in [3.05, 3.63) is 148 Å². The molecule has 0 saturated carbocycles. The molecule has 0 amide bonds. The Balaban J connectivity index is 1.41. The maximum Gasteiger partial charge on any atom is 0.164 e. The van der Waals surface area contributed by atoms with E-state index in [2.05, 4.69) is 41.5 Å². The molecule has 0 radical (unpaired) electrons. The third-order valence-electron chi connectivity index (χ3n) is 11.4. The number of rotatable bonds is 19. The van der Waals surface area contributed by atoms with Crippen molar-refractivity contribution >= 4 is 16.6 Å². The van der Waals surface area contributed by atoms with Crippen LogP contribution in [0.2, 0.25) is 0 Å². The fourth-order valence-electron chi connectivity index (χ4n) is 8.32. The number of aromatic hydroxyl groups is 3. The summed E-state index contributed by atoms with van der Waals surface area (Å²) in [5.74, 6) is -0.489. The van der Waals surface area contributed by atoms with Gasteiger partial charge in [-0.15, -0.1) is 0 Å². The van der Waals surface area contributed by atoms with Crippen molar-refractivity contribution in [2.75, 3.05) is 27.9 Å². The van der Waals surface area contributed by atoms with Crippen LogP contribution in [0.15, 0.2) is 103 Å². The highest BCUT2D eigenvalue weighted by molar-refractivity contribution is 5.91. The molecule has 1 heterocycles. The van der Waals surface area contributed by atoms with Gasteiger partial charge in [-0.05, 0) is 113 Å². The molecule has 304 valence electrons. The summed E-state index contributed by atoms with van der Waals surface area (Å²) in [6, 6.07) is 27.5. The number of fused-ring (bicyclic) bond motifs is 1. The highest BCUT2D eigenvalue weighted by Crippen LogP contribution is 2.40. The molecule has 1 aromatic heterocycles. The second-order valence-electron chi connectivity index (χ2n) is 15.1. The third kappa shape index (κ3) is 9.00. The molecule has 0 spiro atoms. The number of carbonyl (C=O) groups excluding carboxylic acids is 1. The number of phenolic OH excluding ortho intramolecular Hbond substituents is 3. The lowest BCUT2D eigenvalue weighted by Gasteiger charge is -2.34. The summed E-state index contributed by atoms with van der Waals surface area (Å²) in [6.07, 6.45) is 3.93. The molecule has 5 aromatic carbocycles. The second kappa shape index (κ2) is 18.6. The van der Waals surface area contributed by atoms with Gasteiger partial charge in [-0.2, -0.15) is 12.4 Å². The Hall–Kier alpha value is -5.81. The Bertz CT molecular complexity index is 2340. The Morgan fingerprint density at radius 3 is 2.31 bits per heavy atom. The van der Waals surface area contributed by atoms with Crippen LogP contribution in [0.5, 0.6) is 28.7 Å². The molecule has 10 nitrogen and oxygen atoms in total. The number of aromatic nitrogens is 1. The number of methoxy groups -OCH3 is 2. The summed E-state index contributed by atoms with van der Waals surface area (Å²) in [4.78, 5) is 19.2. The maximum absolute atomic E-state index is 15.0. The van der Waals surface area contributed by atoms with Crippen molar-refractivity contribution < 1.29 is 39.8 Å². The van der Waals surface area contributed by atoms with Gasteiger partial charge in [-0.1, -0.05) is 73.2 Å². The van der Waals surface area contributed by atoms with E-state index in [-0.39, 0.29) is 35.8 Å². The highest BCUT2D eigenvalue weighted by Gasteiger charge is 2.42. The molecule has 6 N–H and O–H groups in total. The van der Waals surface area contributed by atoms with Crippen LogP contribution in [-0.2, 0) is 48.9 Å². The quantitative estimate of drug-likeness (QED) is 0.0522. The van der Waals surface area contributed by atoms with E-state index in [0.29, 0.717) is 48.2 Å². The number of aliphatic hydroxyl groups is 2. The van der Waals surface area contributed by atoms with Crippen molar-refractivity contribution in [2.24, 2.45) is 5.92 Å². The predicted molar refractivity (Wildman–Crippen MR) is 225 cm³/mol. The lowest BCUT2D eigenvalue weighted by molar-refractivity contribution is -0.129. The number of nitrogens with one attached hydrogen (secondary N) is 1. The number of hydrogen-bond donors (Lipinski definition) is 6. The SMILES string of the molecule is CCc1ccc2ccccc2c1Cc1c(CC(Cc2cc[n-]c2)C(O)CC(=O)C(CO)(Cc2ccc(O)c(OC)c2)c2cc(O)cc(CNC)c2)ccc(O)c1OC. The van der Waals surface area contributed by atoms with Crippen LogP contribution in [0.1, 0.15) is 57.9 Å². The minimum Gasteiger partial charge on any atom is -0.670 e. The molecule has 58 heavy (non-hydrogen) atoms. The standard InChI is InChI=1S/C48H53N2O8/c1-5-33-11-12-34-8-6-7-9-39(34)40(33)24-41-35(13-15-43(54)47(41)58-4)22-36(18-31-16-17-50-28-31)44(55)25-46(56)48(29-51,26-30-10-14-42(53)45(21-30)57-3)37-19-32(27-49-2)20-38(52)23-37/h6-17,19-21,23,28,36,44,49,51-55H,5,18,22,24-27,29H2,1-4H3/q-1. The number of Topliss-reactive ketones (excluding diaryl/α,β-unsaturated/α-hetero) is 1. The number of hydrogen-bond acceptors (Lipinski definition) is 9. The molecule has 0 aliphatic heterocycles. The number of aliphatic hydroxyl groups excluding tert-OH is 2. The first-order valence-electron chi connectivity index (χ1n) is 19.6. The van der Waals surface area contributed by atoms with Crippen LogP contribution in [0.25, 0.3) is 10.8 Å². The maximum atomic E-state index is 15.0. The molecule has 0 saturated heterocycles. The van der Waals surface area contributed by atoms with Gasteiger partial charge in [0.1, 0.15) is 11.5 Å². The van der Waals surface area contributed by atoms with E-state index in [1.54, 1.807) is 49.8 Å². The van der Waals surface area contributed by atoms with Gasteiger partial charge in [0.25, 0.3) is 0 Å². The van der Waals surface area contributed by atoms with Crippen molar-refractivity contribution in [3.8, 4) is 28.7 Å². The van der Waals surface area contributed by atoms with E-state index in [4.69, 9.17) is 9.47 Å². The van der Waals surface area contributed by atoms with Gasteiger partial charge in [0.15, 0.2) is 23.0 Å². The van der Waals surface area contributed by atoms with Gasteiger partial charge in [0, 0.05) is 24.9 Å². The van der Waals surface area contributed by atoms with Crippen LogP contribution < -0.4 is 19.8 Å². The molecule has 3 atom stereocenters. The van der Waals surface area contributed by atoms with Gasteiger partial charge >= 0.3 is 0 Å². The number of nitrogens with zero attached hydrogens (tertiary/aromatic N) is 1. The summed E-state index contributed by atoms with van der Waals surface area (Å²) in [7, 11) is 4.74. The average molecular weight is 786 g/mol. The van der Waals surface area contributed by atoms with E-state index in [1.807, 2.05) is 24.3 Å². The number of carbonyl (C=O) groups is 1. The molecule has 0 fully saturated rings. The molecule has 10 heteroatoms. The monoisotopic (exact) mass is 785 g/mol. The molecule has 3 unspecified atom stereocenters. The topological polar surface area (TPSA) is 163 Å². The molecule has 0 aliphatic carbocycles. The summed E-state index contributed by atoms with van der Waals surface area (Å²) in [5.41, 5.74) is 4.96. The zero-order valence-electron chi connectivity index (χ0n) is 33.5. The molecule has 6 rings (SSSR count). The minimum absolute atomic E-state index is 0.00429. The van der Waals surface area contributed by atoms with Crippen molar-refractivity contribution in [1.29, 1.82) is 0 Å². The smallest absolute Gasteiger partial charge is 0.164 e. The first-order chi connectivity index (χ1) is 28.0. The summed E-state index contributed by atoms with van der Waals surface area (Å²) < 4.78 is 11.2. The first kappa shape index (κ1) is 41.8. The van der Waals surface area contributed by atoms with Gasteiger partial charge in [-0.25, -0.2) is 0 Å². The first-order valence-corrected chi connectivity index (χ1v) is 19.6. The Morgan fingerprint density at radius 1 is 0.828 bits per heavy atom. The number of ketones is 1. The van der Waals surface area contributed by atoms with Crippen molar-refractivity contribution in [2.45, 2.75) is 63.5 Å². The molecule has 6 aromatic rings. The summed E-state index contributed by atoms with van der Waals surface area (Å²) in [5, 5.41) is 61.1. The Kier molecular flexibility index (Phi) is 13.4. The summed E-state index contributed by atoms with van der Waals surface area (Å²) in [6.45, 7) is 1.90. The third-order valence-corrected chi connectivity index (χ3v) is 11.4. The van der Waals surface area contributed by atoms with Gasteiger partial charge in [0.2, 0.25) is 0 Å². The zero-order valence-corrected chi connectivity index (χ0v) is 33.5. The molecule has 0 aliphatic rings. The van der Waals surface area contributed by atoms with Crippen LogP contribution in [0.4, 0.5) is 0 Å². The second-order valence-corrected chi connectivity index (χ2v) is 15.1. The van der Waals surface area contributed by atoms with Gasteiger partial charge in [-0.3, -0.25) is 4.79 Å². The number of ether oxygens (including phenoxy) is 2. The Morgan fingerprint density at radius 2 is 1.60 bits per heavy atom.